The van der Waals surface area contributed by atoms with E-state index in [1.807, 2.05) is 0 Å². The first-order chi connectivity index (χ1) is 29.8. The van der Waals surface area contributed by atoms with Crippen molar-refractivity contribution < 1.29 is 0 Å². The standard InChI is InChI=1S/C57H40N4/c1-56(2)44-21-11-7-15-34(44)40-28-42-37-18-9-13-23-49(37)60(51(42)30-46(40)56)33-25-26-48-53(27-33)59-32-54(36-17-5-6-20-39(36)55(59)58-48)61-50-24-14-10-19-38(50)43-29-41-35-16-8-12-22-45(35)57(3,4)47(41)31-52(43)61/h5-32H,1-4H3. The highest BCUT2D eigenvalue weighted by molar-refractivity contribution is 6.14. The van der Waals surface area contributed by atoms with Crippen LogP contribution in [0.5, 0.6) is 0 Å². The lowest BCUT2D eigenvalue weighted by molar-refractivity contribution is 0.661. The summed E-state index contributed by atoms with van der Waals surface area (Å²) in [5, 5.41) is 7.38. The number of para-hydroxylation sites is 2. The summed E-state index contributed by atoms with van der Waals surface area (Å²) in [6.07, 6.45) is 2.34. The molecule has 4 aromatic heterocycles. The third kappa shape index (κ3) is 4.12. The van der Waals surface area contributed by atoms with Crippen molar-refractivity contribution in [1.82, 2.24) is 18.5 Å². The molecular formula is C57H40N4. The average molecular weight is 781 g/mol. The molecule has 2 aliphatic carbocycles. The largest absolute Gasteiger partial charge is 0.309 e. The van der Waals surface area contributed by atoms with E-state index < -0.39 is 0 Å². The Bertz CT molecular complexity index is 3940. The fraction of sp³-hybridized carbons (Fsp3) is 0.105. The van der Waals surface area contributed by atoms with E-state index in [2.05, 4.69) is 211 Å². The summed E-state index contributed by atoms with van der Waals surface area (Å²) in [5.41, 5.74) is 20.8. The van der Waals surface area contributed by atoms with Gasteiger partial charge in [0, 0.05) is 55.0 Å². The van der Waals surface area contributed by atoms with Gasteiger partial charge in [0.2, 0.25) is 0 Å². The van der Waals surface area contributed by atoms with E-state index in [0.29, 0.717) is 0 Å². The van der Waals surface area contributed by atoms with Crippen molar-refractivity contribution in [2.24, 2.45) is 0 Å². The Morgan fingerprint density at radius 3 is 1.51 bits per heavy atom. The molecule has 0 saturated carbocycles. The van der Waals surface area contributed by atoms with E-state index >= 15 is 0 Å². The van der Waals surface area contributed by atoms with Gasteiger partial charge < -0.3 is 9.13 Å². The van der Waals surface area contributed by atoms with Gasteiger partial charge in [0.15, 0.2) is 0 Å². The monoisotopic (exact) mass is 780 g/mol. The molecule has 0 saturated heterocycles. The third-order valence-corrected chi connectivity index (χ3v) is 14.6. The van der Waals surface area contributed by atoms with Gasteiger partial charge in [-0.2, -0.15) is 0 Å². The lowest BCUT2D eigenvalue weighted by Gasteiger charge is -2.22. The van der Waals surface area contributed by atoms with Gasteiger partial charge >= 0.3 is 0 Å². The highest BCUT2D eigenvalue weighted by atomic mass is 15.1. The Kier molecular flexibility index (Phi) is 6.15. The number of pyridine rings is 1. The minimum Gasteiger partial charge on any atom is -0.309 e. The van der Waals surface area contributed by atoms with E-state index in [0.717, 1.165) is 33.4 Å². The summed E-state index contributed by atoms with van der Waals surface area (Å²) in [5.74, 6) is 0. The molecule has 0 bridgehead atoms. The summed E-state index contributed by atoms with van der Waals surface area (Å²) >= 11 is 0. The minimum atomic E-state index is -0.114. The van der Waals surface area contributed by atoms with Crippen LogP contribution in [0, 0.1) is 0 Å². The van der Waals surface area contributed by atoms with E-state index in [4.69, 9.17) is 4.98 Å². The highest BCUT2D eigenvalue weighted by Crippen LogP contribution is 2.53. The zero-order chi connectivity index (χ0) is 40.5. The Hall–Kier alpha value is -7.43. The lowest BCUT2D eigenvalue weighted by atomic mass is 9.82. The van der Waals surface area contributed by atoms with Gasteiger partial charge in [-0.3, -0.25) is 4.40 Å². The molecule has 0 amide bonds. The van der Waals surface area contributed by atoms with Crippen molar-refractivity contribution >= 4 is 71.1 Å². The highest BCUT2D eigenvalue weighted by Gasteiger charge is 2.37. The number of benzene rings is 8. The van der Waals surface area contributed by atoms with Crippen LogP contribution in [-0.4, -0.2) is 18.5 Å². The van der Waals surface area contributed by atoms with Crippen molar-refractivity contribution in [3.05, 3.63) is 192 Å². The molecule has 4 heteroatoms. The molecule has 12 aromatic rings. The Morgan fingerprint density at radius 1 is 0.377 bits per heavy atom. The SMILES string of the molecule is CC1(C)c2ccccc2-c2cc3c4ccccc4n(-c4ccc5nc6c7ccccc7c(-n7c8ccccc8c8cc9c(cc87)C(C)(C)c7ccccc7-9)cn6c5c4)c3cc21. The van der Waals surface area contributed by atoms with Gasteiger partial charge in [-0.25, -0.2) is 4.98 Å². The van der Waals surface area contributed by atoms with Crippen molar-refractivity contribution in [1.29, 1.82) is 0 Å². The van der Waals surface area contributed by atoms with Crippen LogP contribution in [-0.2, 0) is 10.8 Å². The number of rotatable bonds is 2. The maximum atomic E-state index is 5.36. The number of hydrogen-bond acceptors (Lipinski definition) is 1. The average Bonchev–Trinajstić information content (AvgIpc) is 4.04. The number of hydrogen-bond donors (Lipinski definition) is 0. The van der Waals surface area contributed by atoms with Gasteiger partial charge in [-0.05, 0) is 99.1 Å². The second-order valence-corrected chi connectivity index (χ2v) is 18.4. The maximum Gasteiger partial charge on any atom is 0.145 e. The van der Waals surface area contributed by atoms with E-state index in [1.54, 1.807) is 0 Å². The predicted molar refractivity (Wildman–Crippen MR) is 254 cm³/mol. The quantitative estimate of drug-likeness (QED) is 0.172. The normalized spacial score (nSPS) is 14.8. The Balaban J connectivity index is 1.04. The fourth-order valence-electron chi connectivity index (χ4n) is 11.7. The number of imidazole rings is 1. The van der Waals surface area contributed by atoms with Gasteiger partial charge in [-0.15, -0.1) is 0 Å². The van der Waals surface area contributed by atoms with Crippen LogP contribution in [0.2, 0.25) is 0 Å². The molecule has 0 spiro atoms. The summed E-state index contributed by atoms with van der Waals surface area (Å²) < 4.78 is 7.32. The molecule has 14 rings (SSSR count). The minimum absolute atomic E-state index is 0.100. The van der Waals surface area contributed by atoms with Crippen molar-refractivity contribution in [2.45, 2.75) is 38.5 Å². The van der Waals surface area contributed by atoms with Crippen LogP contribution in [0.25, 0.3) is 105 Å². The van der Waals surface area contributed by atoms with Crippen LogP contribution in [0.4, 0.5) is 0 Å². The van der Waals surface area contributed by atoms with Gasteiger partial charge in [0.1, 0.15) is 5.65 Å². The Morgan fingerprint density at radius 2 is 0.885 bits per heavy atom. The maximum absolute atomic E-state index is 5.36. The van der Waals surface area contributed by atoms with Crippen molar-refractivity contribution in [3.8, 4) is 33.6 Å². The predicted octanol–water partition coefficient (Wildman–Crippen LogP) is 14.4. The Labute approximate surface area is 352 Å². The summed E-state index contributed by atoms with van der Waals surface area (Å²) in [6, 6.07) is 61.1. The summed E-state index contributed by atoms with van der Waals surface area (Å²) in [7, 11) is 0. The van der Waals surface area contributed by atoms with Gasteiger partial charge in [-0.1, -0.05) is 137 Å². The van der Waals surface area contributed by atoms with Gasteiger partial charge in [0.05, 0.1) is 38.8 Å². The van der Waals surface area contributed by atoms with E-state index in [1.165, 1.54) is 93.5 Å². The van der Waals surface area contributed by atoms with E-state index in [9.17, 15) is 0 Å². The summed E-state index contributed by atoms with van der Waals surface area (Å²) in [6.45, 7) is 9.48. The molecule has 0 N–H and O–H groups in total. The molecule has 2 aliphatic rings. The smallest absolute Gasteiger partial charge is 0.145 e. The second-order valence-electron chi connectivity index (χ2n) is 18.4. The molecule has 8 aromatic carbocycles. The zero-order valence-corrected chi connectivity index (χ0v) is 34.5. The molecule has 0 atom stereocenters. The van der Waals surface area contributed by atoms with Crippen LogP contribution in [0.15, 0.2) is 170 Å². The first kappa shape index (κ1) is 33.4. The first-order valence-corrected chi connectivity index (χ1v) is 21.5. The third-order valence-electron chi connectivity index (χ3n) is 14.6. The van der Waals surface area contributed by atoms with Crippen molar-refractivity contribution in [3.63, 3.8) is 0 Å². The van der Waals surface area contributed by atoms with Crippen molar-refractivity contribution in [2.75, 3.05) is 0 Å². The molecule has 0 radical (unpaired) electrons. The molecule has 4 heterocycles. The van der Waals surface area contributed by atoms with Gasteiger partial charge in [0.25, 0.3) is 0 Å². The number of aromatic nitrogens is 4. The van der Waals surface area contributed by atoms with Crippen LogP contribution >= 0.6 is 0 Å². The molecular weight excluding hydrogens is 741 g/mol. The topological polar surface area (TPSA) is 27.2 Å². The molecule has 288 valence electrons. The van der Waals surface area contributed by atoms with E-state index in [-0.39, 0.29) is 10.8 Å². The number of fused-ring (bicyclic) bond motifs is 17. The first-order valence-electron chi connectivity index (χ1n) is 21.5. The lowest BCUT2D eigenvalue weighted by Crippen LogP contribution is -2.15. The zero-order valence-electron chi connectivity index (χ0n) is 34.5. The molecule has 0 aliphatic heterocycles. The molecule has 61 heavy (non-hydrogen) atoms. The second kappa shape index (κ2) is 11.2. The fourth-order valence-corrected chi connectivity index (χ4v) is 11.7. The molecule has 0 fully saturated rings. The van der Waals surface area contributed by atoms with Crippen LogP contribution in [0.3, 0.4) is 0 Å². The summed E-state index contributed by atoms with van der Waals surface area (Å²) in [4.78, 5) is 5.36. The molecule has 4 nitrogen and oxygen atoms in total. The van der Waals surface area contributed by atoms with Crippen LogP contribution < -0.4 is 0 Å². The molecule has 0 unspecified atom stereocenters. The number of nitrogens with zero attached hydrogens (tertiary/aromatic N) is 4. The van der Waals surface area contributed by atoms with Crippen LogP contribution in [0.1, 0.15) is 49.9 Å².